The van der Waals surface area contributed by atoms with Gasteiger partial charge in [0, 0.05) is 24.6 Å². The third-order valence-electron chi connectivity index (χ3n) is 5.39. The van der Waals surface area contributed by atoms with Crippen LogP contribution < -0.4 is 11.1 Å². The molecule has 0 aromatic carbocycles. The maximum absolute atomic E-state index is 12.1. The Bertz CT molecular complexity index is 321. The molecule has 4 aliphatic rings. The van der Waals surface area contributed by atoms with Gasteiger partial charge in [0.1, 0.15) is 0 Å². The molecule has 0 saturated heterocycles. The molecule has 4 fully saturated rings. The van der Waals surface area contributed by atoms with Crippen molar-refractivity contribution in [2.45, 2.75) is 62.9 Å². The predicted molar refractivity (Wildman–Crippen MR) is 73.3 cm³/mol. The summed E-state index contributed by atoms with van der Waals surface area (Å²) in [4.78, 5) is 12.1. The maximum Gasteiger partial charge on any atom is 0.221 e. The first-order chi connectivity index (χ1) is 9.08. The molecule has 4 N–H and O–H groups in total. The number of carbonyl (C=O) groups is 1. The molecular weight excluding hydrogens is 240 g/mol. The van der Waals surface area contributed by atoms with E-state index >= 15 is 0 Å². The Kier molecular flexibility index (Phi) is 3.56. The van der Waals surface area contributed by atoms with Gasteiger partial charge in [0.05, 0.1) is 0 Å². The second kappa shape index (κ2) is 5.06. The monoisotopic (exact) mass is 266 g/mol. The lowest BCUT2D eigenvalue weighted by molar-refractivity contribution is -0.127. The van der Waals surface area contributed by atoms with Crippen LogP contribution in [0.15, 0.2) is 0 Å². The number of aliphatic hydroxyl groups is 1. The van der Waals surface area contributed by atoms with Crippen molar-refractivity contribution in [1.29, 1.82) is 0 Å². The van der Waals surface area contributed by atoms with Gasteiger partial charge in [-0.05, 0) is 62.7 Å². The molecule has 0 aromatic rings. The Morgan fingerprint density at radius 3 is 2.21 bits per heavy atom. The van der Waals surface area contributed by atoms with Gasteiger partial charge in [-0.1, -0.05) is 0 Å². The number of nitrogens with two attached hydrogens (primary N) is 1. The maximum atomic E-state index is 12.1. The first kappa shape index (κ1) is 13.4. The van der Waals surface area contributed by atoms with E-state index in [0.29, 0.717) is 12.8 Å². The van der Waals surface area contributed by atoms with E-state index in [1.165, 1.54) is 38.5 Å². The quantitative estimate of drug-likeness (QED) is 0.699. The summed E-state index contributed by atoms with van der Waals surface area (Å²) >= 11 is 0. The van der Waals surface area contributed by atoms with Crippen LogP contribution in [0.3, 0.4) is 0 Å². The van der Waals surface area contributed by atoms with Crippen LogP contribution in [0.2, 0.25) is 0 Å². The topological polar surface area (TPSA) is 75.3 Å². The summed E-state index contributed by atoms with van der Waals surface area (Å²) in [6, 6.07) is -0.209. The third kappa shape index (κ3) is 2.79. The Morgan fingerprint density at radius 1 is 1.21 bits per heavy atom. The van der Waals surface area contributed by atoms with E-state index in [1.54, 1.807) is 0 Å². The summed E-state index contributed by atoms with van der Waals surface area (Å²) in [5, 5.41) is 12.2. The summed E-state index contributed by atoms with van der Waals surface area (Å²) < 4.78 is 0. The highest BCUT2D eigenvalue weighted by Gasteiger charge is 2.51. The van der Waals surface area contributed by atoms with E-state index < -0.39 is 0 Å². The number of nitrogens with one attached hydrogen (secondary N) is 1. The van der Waals surface area contributed by atoms with E-state index in [0.717, 1.165) is 17.8 Å². The van der Waals surface area contributed by atoms with Crippen molar-refractivity contribution in [1.82, 2.24) is 5.32 Å². The van der Waals surface area contributed by atoms with Crippen LogP contribution >= 0.6 is 0 Å². The molecule has 4 nitrogen and oxygen atoms in total. The van der Waals surface area contributed by atoms with Crippen LogP contribution in [0.5, 0.6) is 0 Å². The Labute approximate surface area is 115 Å². The highest BCUT2D eigenvalue weighted by molar-refractivity contribution is 5.77. The molecule has 0 spiro atoms. The summed E-state index contributed by atoms with van der Waals surface area (Å²) in [5.74, 6) is 2.62. The Balaban J connectivity index is 1.58. The first-order valence-corrected chi connectivity index (χ1v) is 7.76. The van der Waals surface area contributed by atoms with E-state index in [-0.39, 0.29) is 24.1 Å². The first-order valence-electron chi connectivity index (χ1n) is 7.76. The second-order valence-corrected chi connectivity index (χ2v) is 7.22. The largest absolute Gasteiger partial charge is 0.396 e. The Hall–Kier alpha value is -0.610. The van der Waals surface area contributed by atoms with E-state index in [2.05, 4.69) is 5.32 Å². The lowest BCUT2D eigenvalue weighted by atomic mass is 9.53. The minimum atomic E-state index is -0.209. The highest BCUT2D eigenvalue weighted by atomic mass is 16.3. The van der Waals surface area contributed by atoms with Crippen molar-refractivity contribution in [3.05, 3.63) is 0 Å². The summed E-state index contributed by atoms with van der Waals surface area (Å²) in [7, 11) is 0. The molecule has 4 heteroatoms. The van der Waals surface area contributed by atoms with Crippen molar-refractivity contribution in [2.75, 3.05) is 6.61 Å². The standard InChI is InChI=1S/C15H26N2O2/c16-13(1-2-18)6-14(19)17-15-7-10-3-11(8-15)5-12(4-10)9-15/h10-13,18H,1-9,16H2,(H,17,19). The number of aliphatic hydroxyl groups excluding tert-OH is 1. The molecule has 4 bridgehead atoms. The lowest BCUT2D eigenvalue weighted by Crippen LogP contribution is -2.60. The lowest BCUT2D eigenvalue weighted by Gasteiger charge is -2.57. The van der Waals surface area contributed by atoms with Crippen LogP contribution in [-0.4, -0.2) is 29.2 Å². The molecule has 4 rings (SSSR count). The molecule has 1 unspecified atom stereocenters. The van der Waals surface area contributed by atoms with Gasteiger partial charge in [-0.3, -0.25) is 4.79 Å². The van der Waals surface area contributed by atoms with Crippen molar-refractivity contribution in [2.24, 2.45) is 23.5 Å². The van der Waals surface area contributed by atoms with Gasteiger partial charge in [0.2, 0.25) is 5.91 Å². The normalized spacial score (nSPS) is 41.3. The van der Waals surface area contributed by atoms with Crippen molar-refractivity contribution in [3.8, 4) is 0 Å². The van der Waals surface area contributed by atoms with Gasteiger partial charge in [-0.15, -0.1) is 0 Å². The van der Waals surface area contributed by atoms with Crippen LogP contribution in [0.1, 0.15) is 51.4 Å². The molecule has 19 heavy (non-hydrogen) atoms. The van der Waals surface area contributed by atoms with Gasteiger partial charge in [-0.25, -0.2) is 0 Å². The fourth-order valence-electron chi connectivity index (χ4n) is 5.12. The molecule has 0 aromatic heterocycles. The summed E-state index contributed by atoms with van der Waals surface area (Å²) in [5.41, 5.74) is 5.92. The fourth-order valence-corrected chi connectivity index (χ4v) is 5.12. The fraction of sp³-hybridized carbons (Fsp3) is 0.933. The molecule has 0 radical (unpaired) electrons. The molecular formula is C15H26N2O2. The van der Waals surface area contributed by atoms with Gasteiger partial charge < -0.3 is 16.2 Å². The Morgan fingerprint density at radius 2 is 1.74 bits per heavy atom. The average Bonchev–Trinajstić information content (AvgIpc) is 2.25. The van der Waals surface area contributed by atoms with Crippen molar-refractivity contribution in [3.63, 3.8) is 0 Å². The molecule has 1 atom stereocenters. The number of hydrogen-bond acceptors (Lipinski definition) is 3. The van der Waals surface area contributed by atoms with Crippen molar-refractivity contribution < 1.29 is 9.90 Å². The molecule has 4 saturated carbocycles. The van der Waals surface area contributed by atoms with E-state index in [4.69, 9.17) is 10.8 Å². The van der Waals surface area contributed by atoms with Crippen LogP contribution in [-0.2, 0) is 4.79 Å². The number of rotatable bonds is 5. The minimum Gasteiger partial charge on any atom is -0.396 e. The highest BCUT2D eigenvalue weighted by Crippen LogP contribution is 2.55. The minimum absolute atomic E-state index is 0.0613. The zero-order chi connectivity index (χ0) is 13.5. The molecule has 4 aliphatic carbocycles. The number of hydrogen-bond donors (Lipinski definition) is 3. The summed E-state index contributed by atoms with van der Waals surface area (Å²) in [6.45, 7) is 0.0613. The van der Waals surface area contributed by atoms with Gasteiger partial charge in [-0.2, -0.15) is 0 Å². The average molecular weight is 266 g/mol. The van der Waals surface area contributed by atoms with Crippen LogP contribution in [0.4, 0.5) is 0 Å². The van der Waals surface area contributed by atoms with Crippen molar-refractivity contribution >= 4 is 5.91 Å². The van der Waals surface area contributed by atoms with Gasteiger partial charge >= 0.3 is 0 Å². The third-order valence-corrected chi connectivity index (χ3v) is 5.39. The second-order valence-electron chi connectivity index (χ2n) is 7.22. The zero-order valence-electron chi connectivity index (χ0n) is 11.6. The molecule has 0 heterocycles. The molecule has 108 valence electrons. The molecule has 0 aliphatic heterocycles. The van der Waals surface area contributed by atoms with E-state index in [1.807, 2.05) is 0 Å². The van der Waals surface area contributed by atoms with Crippen LogP contribution in [0.25, 0.3) is 0 Å². The van der Waals surface area contributed by atoms with Gasteiger partial charge in [0.25, 0.3) is 0 Å². The SMILES string of the molecule is NC(CCO)CC(=O)NC12CC3CC(CC(C3)C1)C2. The summed E-state index contributed by atoms with van der Waals surface area (Å²) in [6.07, 6.45) is 8.56. The predicted octanol–water partition coefficient (Wildman–Crippen LogP) is 1.17. The number of carbonyl (C=O) groups excluding carboxylic acids is 1. The smallest absolute Gasteiger partial charge is 0.221 e. The number of amides is 1. The van der Waals surface area contributed by atoms with Gasteiger partial charge in [0.15, 0.2) is 0 Å². The zero-order valence-corrected chi connectivity index (χ0v) is 11.6. The van der Waals surface area contributed by atoms with Crippen LogP contribution in [0, 0.1) is 17.8 Å². The molecule has 1 amide bonds. The van der Waals surface area contributed by atoms with E-state index in [9.17, 15) is 4.79 Å².